The van der Waals surface area contributed by atoms with Gasteiger partial charge in [0.2, 0.25) is 0 Å². The highest BCUT2D eigenvalue weighted by atomic mass is 16.7. The Hall–Kier alpha value is -1.35. The Morgan fingerprint density at radius 1 is 1.23 bits per heavy atom. The number of benzene rings is 1. The second-order valence-corrected chi connectivity index (χ2v) is 6.99. The lowest BCUT2D eigenvalue weighted by atomic mass is 9.68. The lowest BCUT2D eigenvalue weighted by molar-refractivity contribution is 0.0502. The van der Waals surface area contributed by atoms with E-state index in [-0.39, 0.29) is 18.0 Å². The van der Waals surface area contributed by atoms with Crippen LogP contribution in [0.2, 0.25) is 0 Å². The predicted octanol–water partition coefficient (Wildman–Crippen LogP) is 4.83. The maximum absolute atomic E-state index is 12.0. The number of Topliss-reactive ketones (excluding diaryl/α,β-unsaturated/α-hetero) is 1. The van der Waals surface area contributed by atoms with Gasteiger partial charge in [-0.2, -0.15) is 0 Å². The smallest absolute Gasteiger partial charge is 0.188 e. The van der Waals surface area contributed by atoms with Crippen molar-refractivity contribution in [3.8, 4) is 5.75 Å². The molecule has 1 aromatic rings. The Balaban J connectivity index is 3.29. The Labute approximate surface area is 135 Å². The molecule has 0 N–H and O–H groups in total. The van der Waals surface area contributed by atoms with Gasteiger partial charge in [-0.3, -0.25) is 4.79 Å². The van der Waals surface area contributed by atoms with Gasteiger partial charge < -0.3 is 9.47 Å². The van der Waals surface area contributed by atoms with E-state index < -0.39 is 0 Å². The molecule has 3 heteroatoms. The van der Waals surface area contributed by atoms with E-state index >= 15 is 0 Å². The monoisotopic (exact) mass is 306 g/mol. The fourth-order valence-electron chi connectivity index (χ4n) is 2.94. The van der Waals surface area contributed by atoms with E-state index in [0.29, 0.717) is 23.1 Å². The van der Waals surface area contributed by atoms with Crippen molar-refractivity contribution in [2.75, 3.05) is 13.9 Å². The van der Waals surface area contributed by atoms with Gasteiger partial charge in [-0.05, 0) is 48.3 Å². The Bertz CT molecular complexity index is 505. The maximum Gasteiger partial charge on any atom is 0.188 e. The maximum atomic E-state index is 12.0. The normalized spacial score (nSPS) is 14.2. The number of methoxy groups -OCH3 is 1. The van der Waals surface area contributed by atoms with E-state index in [4.69, 9.17) is 9.47 Å². The van der Waals surface area contributed by atoms with Crippen LogP contribution in [0.4, 0.5) is 0 Å². The Kier molecular flexibility index (Phi) is 6.61. The third-order valence-corrected chi connectivity index (χ3v) is 4.46. The average Bonchev–Trinajstić information content (AvgIpc) is 2.43. The molecular formula is C19H30O3. The van der Waals surface area contributed by atoms with E-state index in [0.717, 1.165) is 6.42 Å². The first-order valence-corrected chi connectivity index (χ1v) is 7.99. The lowest BCUT2D eigenvalue weighted by Crippen LogP contribution is -2.30. The Morgan fingerprint density at radius 3 is 2.32 bits per heavy atom. The number of rotatable bonds is 8. The quantitative estimate of drug-likeness (QED) is 0.509. The lowest BCUT2D eigenvalue weighted by Gasteiger charge is -2.36. The molecule has 1 atom stereocenters. The summed E-state index contributed by atoms with van der Waals surface area (Å²) in [6, 6.07) is 5.97. The molecule has 0 saturated heterocycles. The van der Waals surface area contributed by atoms with Crippen molar-refractivity contribution in [3.63, 3.8) is 0 Å². The summed E-state index contributed by atoms with van der Waals surface area (Å²) in [5.74, 6) is 1.69. The van der Waals surface area contributed by atoms with E-state index in [9.17, 15) is 4.79 Å². The molecule has 124 valence electrons. The highest BCUT2D eigenvalue weighted by molar-refractivity contribution is 5.97. The molecule has 0 aliphatic heterocycles. The summed E-state index contributed by atoms with van der Waals surface area (Å²) in [6.07, 6.45) is 1.08. The predicted molar refractivity (Wildman–Crippen MR) is 90.6 cm³/mol. The topological polar surface area (TPSA) is 35.5 Å². The van der Waals surface area contributed by atoms with Gasteiger partial charge in [-0.15, -0.1) is 0 Å². The fourth-order valence-corrected chi connectivity index (χ4v) is 2.94. The van der Waals surface area contributed by atoms with Gasteiger partial charge in [-0.1, -0.05) is 40.7 Å². The standard InChI is InChI=1S/C19H30O3/c1-13(2)11-19(6,14(3)4)16-8-9-18(22-12-21-7)17(10-16)15(5)20/h8-10,13-14H,11-12H2,1-7H3. The Morgan fingerprint density at radius 2 is 1.86 bits per heavy atom. The third kappa shape index (κ3) is 4.33. The van der Waals surface area contributed by atoms with Gasteiger partial charge in [0.25, 0.3) is 0 Å². The van der Waals surface area contributed by atoms with Crippen molar-refractivity contribution in [2.45, 2.75) is 53.4 Å². The van der Waals surface area contributed by atoms with Crippen LogP contribution in [0.5, 0.6) is 5.75 Å². The minimum atomic E-state index is 0.0172. The minimum Gasteiger partial charge on any atom is -0.467 e. The molecule has 1 unspecified atom stereocenters. The van der Waals surface area contributed by atoms with Crippen molar-refractivity contribution >= 4 is 5.78 Å². The van der Waals surface area contributed by atoms with Gasteiger partial charge in [0.1, 0.15) is 5.75 Å². The molecule has 1 aromatic carbocycles. The highest BCUT2D eigenvalue weighted by Gasteiger charge is 2.32. The van der Waals surface area contributed by atoms with Gasteiger partial charge in [-0.25, -0.2) is 0 Å². The molecule has 0 amide bonds. The van der Waals surface area contributed by atoms with Gasteiger partial charge >= 0.3 is 0 Å². The van der Waals surface area contributed by atoms with Gasteiger partial charge in [0, 0.05) is 7.11 Å². The van der Waals surface area contributed by atoms with Gasteiger partial charge in [0.15, 0.2) is 12.6 Å². The van der Waals surface area contributed by atoms with Crippen molar-refractivity contribution in [1.82, 2.24) is 0 Å². The number of carbonyl (C=O) groups is 1. The van der Waals surface area contributed by atoms with E-state index in [1.54, 1.807) is 14.0 Å². The molecule has 0 aliphatic carbocycles. The molecule has 0 aromatic heterocycles. The number of ketones is 1. The zero-order chi connectivity index (χ0) is 16.9. The van der Waals surface area contributed by atoms with Crippen LogP contribution in [-0.4, -0.2) is 19.7 Å². The molecular weight excluding hydrogens is 276 g/mol. The van der Waals surface area contributed by atoms with Crippen LogP contribution in [0.1, 0.15) is 63.9 Å². The summed E-state index contributed by atoms with van der Waals surface area (Å²) < 4.78 is 10.4. The first-order chi connectivity index (χ1) is 10.2. The van der Waals surface area contributed by atoms with Crippen LogP contribution >= 0.6 is 0 Å². The molecule has 0 saturated carbocycles. The van der Waals surface area contributed by atoms with Gasteiger partial charge in [0.05, 0.1) is 5.56 Å². The fraction of sp³-hybridized carbons (Fsp3) is 0.632. The second kappa shape index (κ2) is 7.77. The summed E-state index contributed by atoms with van der Waals surface area (Å²) in [4.78, 5) is 12.0. The number of ether oxygens (including phenoxy) is 2. The summed E-state index contributed by atoms with van der Waals surface area (Å²) in [7, 11) is 1.57. The van der Waals surface area contributed by atoms with Crippen LogP contribution in [0.3, 0.4) is 0 Å². The molecule has 3 nitrogen and oxygen atoms in total. The van der Waals surface area contributed by atoms with Crippen molar-refractivity contribution in [1.29, 1.82) is 0 Å². The van der Waals surface area contributed by atoms with E-state index in [2.05, 4.69) is 40.7 Å². The molecule has 0 aliphatic rings. The SMILES string of the molecule is COCOc1ccc(C(C)(CC(C)C)C(C)C)cc1C(C)=O. The van der Waals surface area contributed by atoms with Crippen LogP contribution in [0.15, 0.2) is 18.2 Å². The van der Waals surface area contributed by atoms with Crippen LogP contribution < -0.4 is 4.74 Å². The largest absolute Gasteiger partial charge is 0.467 e. The number of hydrogen-bond acceptors (Lipinski definition) is 3. The zero-order valence-electron chi connectivity index (χ0n) is 15.0. The molecule has 0 bridgehead atoms. The van der Waals surface area contributed by atoms with E-state index in [1.165, 1.54) is 5.56 Å². The average molecular weight is 306 g/mol. The minimum absolute atomic E-state index is 0.0172. The number of carbonyl (C=O) groups excluding carboxylic acids is 1. The summed E-state index contributed by atoms with van der Waals surface area (Å²) >= 11 is 0. The third-order valence-electron chi connectivity index (χ3n) is 4.46. The summed E-state index contributed by atoms with van der Waals surface area (Å²) in [5.41, 5.74) is 1.87. The summed E-state index contributed by atoms with van der Waals surface area (Å²) in [6.45, 7) is 13.0. The molecule has 0 heterocycles. The summed E-state index contributed by atoms with van der Waals surface area (Å²) in [5, 5.41) is 0. The van der Waals surface area contributed by atoms with Crippen molar-refractivity contribution in [3.05, 3.63) is 29.3 Å². The van der Waals surface area contributed by atoms with Crippen LogP contribution in [-0.2, 0) is 10.2 Å². The number of hydrogen-bond donors (Lipinski definition) is 0. The first-order valence-electron chi connectivity index (χ1n) is 7.99. The van der Waals surface area contributed by atoms with Crippen LogP contribution in [0, 0.1) is 11.8 Å². The molecule has 0 fully saturated rings. The molecule has 0 radical (unpaired) electrons. The van der Waals surface area contributed by atoms with Crippen molar-refractivity contribution in [2.24, 2.45) is 11.8 Å². The first kappa shape index (κ1) is 18.7. The molecule has 1 rings (SSSR count). The zero-order valence-corrected chi connectivity index (χ0v) is 15.0. The van der Waals surface area contributed by atoms with Crippen molar-refractivity contribution < 1.29 is 14.3 Å². The molecule has 22 heavy (non-hydrogen) atoms. The molecule has 0 spiro atoms. The van der Waals surface area contributed by atoms with E-state index in [1.807, 2.05) is 12.1 Å². The van der Waals surface area contributed by atoms with Crippen LogP contribution in [0.25, 0.3) is 0 Å². The highest BCUT2D eigenvalue weighted by Crippen LogP contribution is 2.39. The second-order valence-electron chi connectivity index (χ2n) is 6.99.